The van der Waals surface area contributed by atoms with Crippen molar-refractivity contribution in [1.29, 1.82) is 0 Å². The van der Waals surface area contributed by atoms with E-state index in [1.807, 2.05) is 0 Å². The summed E-state index contributed by atoms with van der Waals surface area (Å²) in [6, 6.07) is 5.32. The highest BCUT2D eigenvalue weighted by atomic mass is 79.9. The number of anilines is 1. The predicted octanol–water partition coefficient (Wildman–Crippen LogP) is 1.95. The lowest BCUT2D eigenvalue weighted by Gasteiger charge is -2.29. The van der Waals surface area contributed by atoms with Crippen molar-refractivity contribution in [2.24, 2.45) is 0 Å². The first kappa shape index (κ1) is 12.9. The summed E-state index contributed by atoms with van der Waals surface area (Å²) in [6.07, 6.45) is 0. The van der Waals surface area contributed by atoms with Crippen molar-refractivity contribution in [3.05, 3.63) is 27.7 Å². The average Bonchev–Trinajstić information content (AvgIpc) is 2.32. The van der Waals surface area contributed by atoms with E-state index in [0.29, 0.717) is 23.9 Å². The second-order valence-corrected chi connectivity index (χ2v) is 5.69. The fourth-order valence-corrected chi connectivity index (χ4v) is 2.72. The molecule has 0 radical (unpaired) electrons. The third-order valence-corrected chi connectivity index (χ3v) is 3.91. The van der Waals surface area contributed by atoms with E-state index in [2.05, 4.69) is 15.9 Å². The number of hydrogen-bond acceptors (Lipinski definition) is 3. The molecule has 0 aromatic heterocycles. The molecule has 4 nitrogen and oxygen atoms in total. The minimum absolute atomic E-state index is 0.0823. The number of hydrogen-bond donors (Lipinski definition) is 0. The zero-order valence-corrected chi connectivity index (χ0v) is 11.8. The molecule has 0 N–H and O–H groups in total. The van der Waals surface area contributed by atoms with Crippen molar-refractivity contribution in [1.82, 2.24) is 0 Å². The van der Waals surface area contributed by atoms with Crippen LogP contribution in [0.15, 0.2) is 22.7 Å². The van der Waals surface area contributed by atoms with Crippen molar-refractivity contribution in [2.75, 3.05) is 24.7 Å². The Balaban J connectivity index is 2.51. The molecule has 0 saturated carbocycles. The van der Waals surface area contributed by atoms with Gasteiger partial charge >= 0.3 is 0 Å². The lowest BCUT2D eigenvalue weighted by atomic mass is 10.2. The highest BCUT2D eigenvalue weighted by Gasteiger charge is 2.22. The molecule has 7 heteroatoms. The number of ether oxygens (including phenoxy) is 1. The SMILES string of the molecule is O=S(=O)=C1COCCN1c1cc(Br)ccc1Cl. The van der Waals surface area contributed by atoms with Gasteiger partial charge in [0.15, 0.2) is 4.99 Å². The van der Waals surface area contributed by atoms with Crippen LogP contribution in [-0.4, -0.2) is 33.2 Å². The second-order valence-electron chi connectivity index (χ2n) is 3.43. The molecule has 1 aromatic rings. The molecule has 17 heavy (non-hydrogen) atoms. The second kappa shape index (κ2) is 5.39. The van der Waals surface area contributed by atoms with Crippen molar-refractivity contribution in [3.8, 4) is 0 Å². The van der Waals surface area contributed by atoms with Gasteiger partial charge in [-0.2, -0.15) is 8.42 Å². The lowest BCUT2D eigenvalue weighted by Crippen LogP contribution is -2.42. The van der Waals surface area contributed by atoms with E-state index in [1.165, 1.54) is 0 Å². The topological polar surface area (TPSA) is 46.6 Å². The van der Waals surface area contributed by atoms with Crippen molar-refractivity contribution < 1.29 is 13.2 Å². The van der Waals surface area contributed by atoms with E-state index in [9.17, 15) is 8.42 Å². The van der Waals surface area contributed by atoms with Crippen LogP contribution in [0.5, 0.6) is 0 Å². The van der Waals surface area contributed by atoms with Crippen LogP contribution in [0.25, 0.3) is 0 Å². The van der Waals surface area contributed by atoms with E-state index in [4.69, 9.17) is 16.3 Å². The van der Waals surface area contributed by atoms with Crippen LogP contribution in [0, 0.1) is 0 Å². The van der Waals surface area contributed by atoms with Crippen molar-refractivity contribution >= 4 is 48.5 Å². The third kappa shape index (κ3) is 2.82. The molecule has 0 bridgehead atoms. The van der Waals surface area contributed by atoms with Crippen LogP contribution >= 0.6 is 27.5 Å². The zero-order chi connectivity index (χ0) is 12.4. The van der Waals surface area contributed by atoms with Crippen LogP contribution in [0.1, 0.15) is 0 Å². The molecule has 1 aliphatic rings. The molecule has 1 aliphatic heterocycles. The Hall–Kier alpha value is -0.560. The first-order valence-corrected chi connectivity index (χ1v) is 7.09. The maximum absolute atomic E-state index is 11.1. The van der Waals surface area contributed by atoms with Gasteiger partial charge in [-0.15, -0.1) is 0 Å². The molecule has 1 aromatic carbocycles. The van der Waals surface area contributed by atoms with Crippen LogP contribution in [0.2, 0.25) is 5.02 Å². The van der Waals surface area contributed by atoms with Gasteiger partial charge in [0.25, 0.3) is 0 Å². The molecule has 0 atom stereocenters. The fourth-order valence-electron chi connectivity index (χ4n) is 1.60. The standard InChI is InChI=1S/C10H9BrClNO3S/c11-7-1-2-8(12)9(5-7)13-3-4-16-6-10(13)17(14)15/h1-2,5H,3-4,6H2. The van der Waals surface area contributed by atoms with Gasteiger partial charge in [-0.05, 0) is 18.2 Å². The Morgan fingerprint density at radius 3 is 2.88 bits per heavy atom. The van der Waals surface area contributed by atoms with Crippen molar-refractivity contribution in [2.45, 2.75) is 0 Å². The van der Waals surface area contributed by atoms with Crippen LogP contribution in [0.4, 0.5) is 5.69 Å². The number of benzene rings is 1. The quantitative estimate of drug-likeness (QED) is 0.734. The molecule has 1 fully saturated rings. The van der Waals surface area contributed by atoms with E-state index >= 15 is 0 Å². The monoisotopic (exact) mass is 337 g/mol. The summed E-state index contributed by atoms with van der Waals surface area (Å²) in [5.41, 5.74) is 0.670. The Bertz CT molecular complexity index is 565. The molecular formula is C10H9BrClNO3S. The molecule has 92 valence electrons. The molecule has 0 aliphatic carbocycles. The number of rotatable bonds is 1. The first-order chi connectivity index (χ1) is 8.09. The summed E-state index contributed by atoms with van der Waals surface area (Å²) in [6.45, 7) is 1.03. The summed E-state index contributed by atoms with van der Waals surface area (Å²) in [5.74, 6) is 0. The molecular weight excluding hydrogens is 330 g/mol. The summed E-state index contributed by atoms with van der Waals surface area (Å²) in [7, 11) is -2.30. The van der Waals surface area contributed by atoms with Crippen LogP contribution < -0.4 is 4.90 Å². The maximum atomic E-state index is 11.1. The van der Waals surface area contributed by atoms with Gasteiger partial charge in [0.05, 0.1) is 17.3 Å². The predicted molar refractivity (Wildman–Crippen MR) is 71.2 cm³/mol. The smallest absolute Gasteiger partial charge is 0.236 e. The third-order valence-electron chi connectivity index (χ3n) is 2.38. The Labute approximate surface area is 114 Å². The van der Waals surface area contributed by atoms with Gasteiger partial charge in [0.2, 0.25) is 10.3 Å². The molecule has 0 unspecified atom stereocenters. The van der Waals surface area contributed by atoms with Gasteiger partial charge < -0.3 is 9.64 Å². The summed E-state index contributed by atoms with van der Waals surface area (Å²) in [4.78, 5) is 1.87. The Kier molecular flexibility index (Phi) is 4.09. The minimum Gasteiger partial charge on any atom is -0.372 e. The van der Waals surface area contributed by atoms with Gasteiger partial charge in [-0.3, -0.25) is 0 Å². The molecule has 1 saturated heterocycles. The van der Waals surface area contributed by atoms with E-state index in [-0.39, 0.29) is 11.6 Å². The number of morpholine rings is 1. The molecule has 0 spiro atoms. The minimum atomic E-state index is -2.30. The first-order valence-electron chi connectivity index (χ1n) is 4.85. The van der Waals surface area contributed by atoms with Gasteiger partial charge in [0, 0.05) is 11.0 Å². The van der Waals surface area contributed by atoms with Gasteiger partial charge in [-0.25, -0.2) is 0 Å². The average molecular weight is 339 g/mol. The largest absolute Gasteiger partial charge is 0.372 e. The Morgan fingerprint density at radius 1 is 1.41 bits per heavy atom. The van der Waals surface area contributed by atoms with E-state index in [1.54, 1.807) is 23.1 Å². The summed E-state index contributed by atoms with van der Waals surface area (Å²) < 4.78 is 28.2. The maximum Gasteiger partial charge on any atom is 0.236 e. The molecule has 2 rings (SSSR count). The summed E-state index contributed by atoms with van der Waals surface area (Å²) in [5, 5.41) is 0.512. The number of halogens is 2. The fraction of sp³-hybridized carbons (Fsp3) is 0.300. The number of nitrogens with zero attached hydrogens (tertiary/aromatic N) is 1. The lowest BCUT2D eigenvalue weighted by molar-refractivity contribution is 0.168. The van der Waals surface area contributed by atoms with Gasteiger partial charge in [0.1, 0.15) is 6.61 Å². The summed E-state index contributed by atoms with van der Waals surface area (Å²) >= 11 is 9.42. The van der Waals surface area contributed by atoms with Crippen molar-refractivity contribution in [3.63, 3.8) is 0 Å². The molecule has 1 heterocycles. The normalized spacial score (nSPS) is 16.1. The van der Waals surface area contributed by atoms with Crippen LogP contribution in [0.3, 0.4) is 0 Å². The highest BCUT2D eigenvalue weighted by molar-refractivity contribution is 9.10. The Morgan fingerprint density at radius 2 is 2.18 bits per heavy atom. The van der Waals surface area contributed by atoms with E-state index < -0.39 is 10.3 Å². The van der Waals surface area contributed by atoms with Gasteiger partial charge in [-0.1, -0.05) is 27.5 Å². The highest BCUT2D eigenvalue weighted by Crippen LogP contribution is 2.30. The van der Waals surface area contributed by atoms with E-state index in [0.717, 1.165) is 4.47 Å². The van der Waals surface area contributed by atoms with Crippen LogP contribution in [-0.2, 0) is 15.0 Å². The molecule has 0 amide bonds. The zero-order valence-electron chi connectivity index (χ0n) is 8.69.